The van der Waals surface area contributed by atoms with Crippen LogP contribution in [0.1, 0.15) is 19.4 Å². The molecule has 3 rings (SSSR count). The van der Waals surface area contributed by atoms with E-state index < -0.39 is 32.2 Å². The van der Waals surface area contributed by atoms with Crippen LogP contribution in [0.15, 0.2) is 56.7 Å². The number of aryl methyl sites for hydroxylation is 1. The molecule has 0 saturated carbocycles. The van der Waals surface area contributed by atoms with Crippen molar-refractivity contribution in [1.82, 2.24) is 8.61 Å². The van der Waals surface area contributed by atoms with Crippen LogP contribution in [0.3, 0.4) is 0 Å². The average molecular weight is 562 g/mol. The van der Waals surface area contributed by atoms with Crippen molar-refractivity contribution >= 4 is 36.0 Å². The Bertz CT molecular complexity index is 1200. The first-order chi connectivity index (χ1) is 15.4. The number of likely N-dealkylation sites (N-methyl/N-ethyl adjacent to an activating group) is 1. The number of rotatable bonds is 6. The molecule has 33 heavy (non-hydrogen) atoms. The summed E-state index contributed by atoms with van der Waals surface area (Å²) in [5.74, 6) is -0.228. The summed E-state index contributed by atoms with van der Waals surface area (Å²) >= 11 is 3.35. The normalized spacial score (nSPS) is 22.2. The van der Waals surface area contributed by atoms with Gasteiger partial charge in [-0.05, 0) is 44.2 Å². The van der Waals surface area contributed by atoms with Crippen LogP contribution in [0, 0.1) is 12.8 Å². The average Bonchev–Trinajstić information content (AvgIpc) is 2.75. The van der Waals surface area contributed by atoms with Crippen LogP contribution < -0.4 is 4.74 Å². The Morgan fingerprint density at radius 1 is 1.24 bits per heavy atom. The topological polar surface area (TPSA) is 104 Å². The minimum Gasteiger partial charge on any atom is -0.487 e. The van der Waals surface area contributed by atoms with Crippen LogP contribution in [-0.2, 0) is 20.0 Å². The number of nitrogens with zero attached hydrogens (tertiary/aromatic N) is 2. The summed E-state index contributed by atoms with van der Waals surface area (Å²) in [4.78, 5) is 0.155. The second kappa shape index (κ2) is 10.0. The first kappa shape index (κ1) is 26.1. The number of ether oxygens (including phenoxy) is 1. The van der Waals surface area contributed by atoms with Gasteiger partial charge in [0.2, 0.25) is 20.0 Å². The van der Waals surface area contributed by atoms with Gasteiger partial charge in [0.25, 0.3) is 0 Å². The summed E-state index contributed by atoms with van der Waals surface area (Å²) in [5, 5.41) is 9.69. The fraction of sp³-hybridized carbons (Fsp3) is 0.455. The zero-order valence-corrected chi connectivity index (χ0v) is 22.2. The zero-order valence-electron chi connectivity index (χ0n) is 19.0. The molecular weight excluding hydrogens is 532 g/mol. The third kappa shape index (κ3) is 5.44. The van der Waals surface area contributed by atoms with Gasteiger partial charge in [-0.25, -0.2) is 16.8 Å². The van der Waals surface area contributed by atoms with E-state index in [2.05, 4.69) is 15.9 Å². The van der Waals surface area contributed by atoms with Crippen molar-refractivity contribution in [3.05, 3.63) is 52.5 Å². The molecule has 1 aliphatic heterocycles. The molecule has 3 atom stereocenters. The Morgan fingerprint density at radius 2 is 1.88 bits per heavy atom. The molecular formula is C22H29BrN2O6S2. The van der Waals surface area contributed by atoms with Gasteiger partial charge in [-0.1, -0.05) is 40.5 Å². The summed E-state index contributed by atoms with van der Waals surface area (Å²) in [6.07, 6.45) is -0.632. The van der Waals surface area contributed by atoms with Crippen molar-refractivity contribution < 1.29 is 26.7 Å². The number of halogens is 1. The molecule has 0 bridgehead atoms. The van der Waals surface area contributed by atoms with Crippen molar-refractivity contribution in [3.63, 3.8) is 0 Å². The molecule has 2 aromatic rings. The van der Waals surface area contributed by atoms with Gasteiger partial charge >= 0.3 is 0 Å². The van der Waals surface area contributed by atoms with Crippen LogP contribution in [0.4, 0.5) is 0 Å². The van der Waals surface area contributed by atoms with Gasteiger partial charge in [-0.2, -0.15) is 8.61 Å². The van der Waals surface area contributed by atoms with E-state index in [9.17, 15) is 21.9 Å². The smallest absolute Gasteiger partial charge is 0.247 e. The molecule has 0 radical (unpaired) electrons. The highest BCUT2D eigenvalue weighted by atomic mass is 79.9. The summed E-state index contributed by atoms with van der Waals surface area (Å²) in [6, 6.07) is 10.6. The Balaban J connectivity index is 2.00. The lowest BCUT2D eigenvalue weighted by atomic mass is 10.0. The third-order valence-corrected chi connectivity index (χ3v) is 10.1. The van der Waals surface area contributed by atoms with E-state index in [1.807, 2.05) is 13.8 Å². The maximum absolute atomic E-state index is 13.3. The number of hydrogen-bond donors (Lipinski definition) is 1. The van der Waals surface area contributed by atoms with E-state index in [0.29, 0.717) is 4.47 Å². The standard InChI is InChI=1S/C22H29BrN2O6S2/c1-15-5-8-19(9-6-15)32(27,28)24(4)13-21-16(2)12-25(17(3)14-26)33(29,30)22-10-7-18(23)11-20(22)31-21/h5-11,16-17,21,26H,12-14H2,1-4H3/t16-,17+,21-/m1/s1. The Hall–Kier alpha value is -1.50. The SMILES string of the molecule is Cc1ccc(S(=O)(=O)N(C)C[C@H]2Oc3cc(Br)ccc3S(=O)(=O)N([C@@H](C)CO)C[C@H]2C)cc1. The number of sulfonamides is 2. The number of benzene rings is 2. The molecule has 0 spiro atoms. The molecule has 0 saturated heterocycles. The summed E-state index contributed by atoms with van der Waals surface area (Å²) in [7, 11) is -6.22. The lowest BCUT2D eigenvalue weighted by molar-refractivity contribution is 0.0904. The van der Waals surface area contributed by atoms with Crippen molar-refractivity contribution in [2.45, 2.75) is 42.7 Å². The van der Waals surface area contributed by atoms with Crippen molar-refractivity contribution in [2.24, 2.45) is 5.92 Å². The predicted molar refractivity (Wildman–Crippen MR) is 129 cm³/mol. The molecule has 8 nitrogen and oxygen atoms in total. The van der Waals surface area contributed by atoms with E-state index >= 15 is 0 Å². The Morgan fingerprint density at radius 3 is 2.48 bits per heavy atom. The van der Waals surface area contributed by atoms with Crippen LogP contribution in [0.2, 0.25) is 0 Å². The van der Waals surface area contributed by atoms with Crippen LogP contribution in [-0.4, -0.2) is 69.4 Å². The highest BCUT2D eigenvalue weighted by Gasteiger charge is 2.39. The molecule has 0 amide bonds. The molecule has 182 valence electrons. The molecule has 1 N–H and O–H groups in total. The van der Waals surface area contributed by atoms with Gasteiger partial charge in [-0.15, -0.1) is 0 Å². The number of aliphatic hydroxyl groups excluding tert-OH is 1. The van der Waals surface area contributed by atoms with E-state index in [0.717, 1.165) is 5.56 Å². The summed E-state index contributed by atoms with van der Waals surface area (Å²) in [5.41, 5.74) is 0.954. The molecule has 0 fully saturated rings. The number of fused-ring (bicyclic) bond motifs is 1. The van der Waals surface area contributed by atoms with E-state index in [4.69, 9.17) is 4.74 Å². The second-order valence-electron chi connectivity index (χ2n) is 8.43. The molecule has 0 unspecified atom stereocenters. The van der Waals surface area contributed by atoms with Crippen LogP contribution in [0.25, 0.3) is 0 Å². The Labute approximate surface area is 204 Å². The minimum atomic E-state index is -3.94. The third-order valence-electron chi connectivity index (χ3n) is 5.80. The molecule has 1 aliphatic rings. The van der Waals surface area contributed by atoms with Crippen molar-refractivity contribution in [3.8, 4) is 5.75 Å². The van der Waals surface area contributed by atoms with E-state index in [1.54, 1.807) is 43.3 Å². The van der Waals surface area contributed by atoms with Crippen molar-refractivity contribution in [2.75, 3.05) is 26.7 Å². The maximum atomic E-state index is 13.3. The predicted octanol–water partition coefficient (Wildman–Crippen LogP) is 2.85. The first-order valence-corrected chi connectivity index (χ1v) is 14.2. The van der Waals surface area contributed by atoms with Gasteiger partial charge in [0, 0.05) is 30.0 Å². The molecule has 2 aromatic carbocycles. The van der Waals surface area contributed by atoms with Gasteiger partial charge in [0.15, 0.2) is 0 Å². The Kier molecular flexibility index (Phi) is 7.92. The fourth-order valence-electron chi connectivity index (χ4n) is 3.66. The zero-order chi connectivity index (χ0) is 24.6. The van der Waals surface area contributed by atoms with Crippen LogP contribution >= 0.6 is 15.9 Å². The number of hydrogen-bond acceptors (Lipinski definition) is 6. The van der Waals surface area contributed by atoms with Gasteiger partial charge in [0.1, 0.15) is 16.7 Å². The molecule has 11 heteroatoms. The highest BCUT2D eigenvalue weighted by molar-refractivity contribution is 9.10. The van der Waals surface area contributed by atoms with Crippen LogP contribution in [0.5, 0.6) is 5.75 Å². The molecule has 1 heterocycles. The summed E-state index contributed by atoms with van der Waals surface area (Å²) < 4.78 is 62.2. The van der Waals surface area contributed by atoms with E-state index in [-0.39, 0.29) is 41.2 Å². The highest BCUT2D eigenvalue weighted by Crippen LogP contribution is 2.35. The first-order valence-electron chi connectivity index (χ1n) is 10.5. The van der Waals surface area contributed by atoms with E-state index in [1.165, 1.54) is 21.7 Å². The summed E-state index contributed by atoms with van der Waals surface area (Å²) in [6.45, 7) is 5.08. The quantitative estimate of drug-likeness (QED) is 0.582. The fourth-order valence-corrected chi connectivity index (χ4v) is 7.01. The van der Waals surface area contributed by atoms with Gasteiger partial charge in [0.05, 0.1) is 18.0 Å². The number of aliphatic hydroxyl groups is 1. The van der Waals surface area contributed by atoms with Gasteiger partial charge in [-0.3, -0.25) is 0 Å². The minimum absolute atomic E-state index is 0.0186. The lowest BCUT2D eigenvalue weighted by Gasteiger charge is -2.37. The molecule has 0 aromatic heterocycles. The largest absolute Gasteiger partial charge is 0.487 e. The van der Waals surface area contributed by atoms with Gasteiger partial charge < -0.3 is 9.84 Å². The lowest BCUT2D eigenvalue weighted by Crippen LogP contribution is -2.50. The van der Waals surface area contributed by atoms with Crippen molar-refractivity contribution in [1.29, 1.82) is 0 Å². The molecule has 0 aliphatic carbocycles. The maximum Gasteiger partial charge on any atom is 0.247 e. The second-order valence-corrected chi connectivity index (χ2v) is 13.2. The monoisotopic (exact) mass is 560 g/mol.